The molecule has 1 nitrogen and oxygen atoms in total. The van der Waals surface area contributed by atoms with Crippen LogP contribution in [0.2, 0.25) is 0 Å². The van der Waals surface area contributed by atoms with Crippen molar-refractivity contribution in [2.45, 2.75) is 98.8 Å². The molecule has 4 aliphatic carbocycles. The van der Waals surface area contributed by atoms with Crippen LogP contribution < -0.4 is 0 Å². The normalized spacial score (nSPS) is 38.3. The van der Waals surface area contributed by atoms with Gasteiger partial charge in [-0.15, -0.1) is 0 Å². The van der Waals surface area contributed by atoms with Crippen molar-refractivity contribution < 1.29 is 4.79 Å². The molecule has 0 aromatic heterocycles. The third kappa shape index (κ3) is 4.64. The second-order valence-corrected chi connectivity index (χ2v) is 13.9. The molecular formula is C35H48O. The van der Waals surface area contributed by atoms with Gasteiger partial charge in [0.25, 0.3) is 0 Å². The van der Waals surface area contributed by atoms with Crippen LogP contribution in [0.15, 0.2) is 42.0 Å². The first-order valence-electron chi connectivity index (χ1n) is 15.0. The van der Waals surface area contributed by atoms with Crippen LogP contribution in [-0.2, 0) is 4.79 Å². The van der Waals surface area contributed by atoms with Crippen molar-refractivity contribution in [3.8, 4) is 11.8 Å². The number of allylic oxidation sites excluding steroid dienone is 2. The highest BCUT2D eigenvalue weighted by molar-refractivity contribution is 5.85. The predicted octanol–water partition coefficient (Wildman–Crippen LogP) is 8.87. The highest BCUT2D eigenvalue weighted by Gasteiger charge is 2.61. The van der Waals surface area contributed by atoms with Gasteiger partial charge in [0.05, 0.1) is 0 Å². The SMILES string of the molecule is CC(C)CCC[C@@H](C)[C@@H]1CC[C@@H]2[C@H]3CC(=O)[C@@H]4C=C(C#Cc5ccccc5)CC[C@]4(C)[C@H]3CC[C@@]21C. The Hall–Kier alpha value is -1.81. The Morgan fingerprint density at radius 3 is 2.42 bits per heavy atom. The van der Waals surface area contributed by atoms with Gasteiger partial charge >= 0.3 is 0 Å². The fourth-order valence-corrected chi connectivity index (χ4v) is 9.46. The Balaban J connectivity index is 1.32. The largest absolute Gasteiger partial charge is 0.299 e. The molecule has 5 rings (SSSR count). The molecule has 4 aliphatic rings. The maximum Gasteiger partial charge on any atom is 0.140 e. The molecule has 0 unspecified atom stereocenters. The molecule has 194 valence electrons. The van der Waals surface area contributed by atoms with E-state index in [0.29, 0.717) is 23.0 Å². The van der Waals surface area contributed by atoms with Gasteiger partial charge in [0, 0.05) is 17.9 Å². The molecule has 36 heavy (non-hydrogen) atoms. The molecular weight excluding hydrogens is 436 g/mol. The van der Waals surface area contributed by atoms with Crippen LogP contribution >= 0.6 is 0 Å². The Morgan fingerprint density at radius 2 is 1.67 bits per heavy atom. The highest BCUT2D eigenvalue weighted by Crippen LogP contribution is 2.67. The van der Waals surface area contributed by atoms with E-state index in [1.54, 1.807) is 0 Å². The van der Waals surface area contributed by atoms with Gasteiger partial charge in [-0.3, -0.25) is 4.79 Å². The molecule has 0 aliphatic heterocycles. The minimum atomic E-state index is 0.0732. The third-order valence-electron chi connectivity index (χ3n) is 11.4. The van der Waals surface area contributed by atoms with Crippen LogP contribution in [0.5, 0.6) is 0 Å². The Labute approximate surface area is 220 Å². The van der Waals surface area contributed by atoms with E-state index >= 15 is 0 Å². The fraction of sp³-hybridized carbons (Fsp3) is 0.686. The second-order valence-electron chi connectivity index (χ2n) is 13.9. The summed E-state index contributed by atoms with van der Waals surface area (Å²) < 4.78 is 0. The van der Waals surface area contributed by atoms with Crippen molar-refractivity contribution in [3.63, 3.8) is 0 Å². The molecule has 3 saturated carbocycles. The Morgan fingerprint density at radius 1 is 0.917 bits per heavy atom. The van der Waals surface area contributed by atoms with E-state index < -0.39 is 0 Å². The number of Topliss-reactive ketones (excluding diaryl/α,β-unsaturated/α-hetero) is 1. The van der Waals surface area contributed by atoms with Crippen LogP contribution in [0.1, 0.15) is 104 Å². The van der Waals surface area contributed by atoms with E-state index in [2.05, 4.69) is 64.7 Å². The molecule has 0 spiro atoms. The standard InChI is InChI=1S/C35H48O/c1-24(2)10-9-11-25(3)29-16-17-30-28-23-33(36)32-22-27(15-14-26-12-7-6-8-13-26)18-20-35(32,5)31(28)19-21-34(29,30)4/h6-8,12-13,22,24-25,28-32H,9-11,16-21,23H2,1-5H3/t25-,28-,29+,30-,31+,32+,34-,35-/m1/s1. The summed E-state index contributed by atoms with van der Waals surface area (Å²) in [4.78, 5) is 13.7. The molecule has 3 fully saturated rings. The maximum atomic E-state index is 13.7. The summed E-state index contributed by atoms with van der Waals surface area (Å²) in [5, 5.41) is 0. The third-order valence-corrected chi connectivity index (χ3v) is 11.4. The molecule has 1 heteroatoms. The van der Waals surface area contributed by atoms with E-state index in [9.17, 15) is 4.79 Å². The topological polar surface area (TPSA) is 17.1 Å². The molecule has 0 amide bonds. The van der Waals surface area contributed by atoms with Crippen LogP contribution in [-0.4, -0.2) is 5.78 Å². The molecule has 8 atom stereocenters. The lowest BCUT2D eigenvalue weighted by Gasteiger charge is -2.59. The van der Waals surface area contributed by atoms with Crippen LogP contribution in [0, 0.1) is 64.1 Å². The molecule has 1 aromatic carbocycles. The molecule has 0 saturated heterocycles. The lowest BCUT2D eigenvalue weighted by atomic mass is 9.44. The number of benzene rings is 1. The van der Waals surface area contributed by atoms with Gasteiger partial charge in [-0.2, -0.15) is 0 Å². The van der Waals surface area contributed by atoms with Gasteiger partial charge in [0.2, 0.25) is 0 Å². The lowest BCUT2D eigenvalue weighted by molar-refractivity contribution is -0.146. The van der Waals surface area contributed by atoms with Gasteiger partial charge in [-0.05, 0) is 103 Å². The van der Waals surface area contributed by atoms with E-state index in [1.165, 1.54) is 50.5 Å². The van der Waals surface area contributed by atoms with Crippen molar-refractivity contribution in [2.75, 3.05) is 0 Å². The first-order chi connectivity index (χ1) is 17.2. The van der Waals surface area contributed by atoms with Crippen LogP contribution in [0.25, 0.3) is 0 Å². The van der Waals surface area contributed by atoms with Crippen molar-refractivity contribution in [1.29, 1.82) is 0 Å². The summed E-state index contributed by atoms with van der Waals surface area (Å²) in [6.45, 7) is 12.3. The number of hydrogen-bond acceptors (Lipinski definition) is 1. The minimum Gasteiger partial charge on any atom is -0.299 e. The Bertz CT molecular complexity index is 1040. The number of hydrogen-bond donors (Lipinski definition) is 0. The van der Waals surface area contributed by atoms with Crippen LogP contribution in [0.4, 0.5) is 0 Å². The molecule has 0 radical (unpaired) electrons. The average molecular weight is 485 g/mol. The summed E-state index contributed by atoms with van der Waals surface area (Å²) >= 11 is 0. The Kier molecular flexibility index (Phi) is 7.29. The number of ketones is 1. The van der Waals surface area contributed by atoms with Gasteiger partial charge in [-0.1, -0.05) is 90.0 Å². The van der Waals surface area contributed by atoms with Gasteiger partial charge < -0.3 is 0 Å². The monoisotopic (exact) mass is 484 g/mol. The summed E-state index contributed by atoms with van der Waals surface area (Å²) in [6, 6.07) is 10.2. The van der Waals surface area contributed by atoms with Crippen molar-refractivity contribution in [2.24, 2.45) is 52.3 Å². The van der Waals surface area contributed by atoms with E-state index in [4.69, 9.17) is 0 Å². The zero-order valence-electron chi connectivity index (χ0n) is 23.5. The minimum absolute atomic E-state index is 0.0732. The van der Waals surface area contributed by atoms with Crippen molar-refractivity contribution >= 4 is 5.78 Å². The van der Waals surface area contributed by atoms with Gasteiger partial charge in [-0.25, -0.2) is 0 Å². The number of rotatable bonds is 5. The van der Waals surface area contributed by atoms with E-state index in [-0.39, 0.29) is 11.3 Å². The summed E-state index contributed by atoms with van der Waals surface area (Å²) in [5.74, 6) is 11.9. The average Bonchev–Trinajstić information content (AvgIpc) is 3.21. The zero-order valence-corrected chi connectivity index (χ0v) is 23.5. The number of carbonyl (C=O) groups excluding carboxylic acids is 1. The maximum absolute atomic E-state index is 13.7. The van der Waals surface area contributed by atoms with E-state index in [0.717, 1.165) is 48.5 Å². The predicted molar refractivity (Wildman–Crippen MR) is 150 cm³/mol. The number of fused-ring (bicyclic) bond motifs is 5. The molecule has 0 bridgehead atoms. The van der Waals surface area contributed by atoms with Gasteiger partial charge in [0.1, 0.15) is 5.78 Å². The van der Waals surface area contributed by atoms with E-state index in [1.807, 2.05) is 18.2 Å². The van der Waals surface area contributed by atoms with Crippen LogP contribution in [0.3, 0.4) is 0 Å². The fourth-order valence-electron chi connectivity index (χ4n) is 9.46. The first-order valence-corrected chi connectivity index (χ1v) is 15.0. The zero-order chi connectivity index (χ0) is 25.5. The second kappa shape index (κ2) is 10.2. The smallest absolute Gasteiger partial charge is 0.140 e. The summed E-state index contributed by atoms with van der Waals surface area (Å²) in [7, 11) is 0. The summed E-state index contributed by atoms with van der Waals surface area (Å²) in [6.07, 6.45) is 14.8. The summed E-state index contributed by atoms with van der Waals surface area (Å²) in [5.41, 5.74) is 2.81. The molecule has 0 N–H and O–H groups in total. The van der Waals surface area contributed by atoms with Crippen molar-refractivity contribution in [1.82, 2.24) is 0 Å². The molecule has 1 aromatic rings. The highest BCUT2D eigenvalue weighted by atomic mass is 16.1. The van der Waals surface area contributed by atoms with Crippen molar-refractivity contribution in [3.05, 3.63) is 47.5 Å². The quantitative estimate of drug-likeness (QED) is 0.381. The lowest BCUT2D eigenvalue weighted by Crippen LogP contribution is -2.55. The number of carbonyl (C=O) groups is 1. The first kappa shape index (κ1) is 25.8. The molecule has 0 heterocycles. The van der Waals surface area contributed by atoms with Gasteiger partial charge in [0.15, 0.2) is 0 Å².